The number of aromatic nitrogens is 4. The van der Waals surface area contributed by atoms with E-state index in [0.29, 0.717) is 0 Å². The predicted molar refractivity (Wildman–Crippen MR) is 99.8 cm³/mol. The van der Waals surface area contributed by atoms with E-state index in [-0.39, 0.29) is 5.92 Å². The number of rotatable bonds is 2. The van der Waals surface area contributed by atoms with Crippen molar-refractivity contribution in [3.05, 3.63) is 71.0 Å². The number of aryl methyl sites for hydroxylation is 1. The van der Waals surface area contributed by atoms with Gasteiger partial charge in [-0.25, -0.2) is 9.67 Å². The molecule has 0 bridgehead atoms. The van der Waals surface area contributed by atoms with Crippen molar-refractivity contribution < 1.29 is 0 Å². The van der Waals surface area contributed by atoms with Gasteiger partial charge in [0, 0.05) is 28.4 Å². The van der Waals surface area contributed by atoms with Crippen LogP contribution in [-0.2, 0) is 6.54 Å². The minimum Gasteiger partial charge on any atom is -0.352 e. The zero-order chi connectivity index (χ0) is 16.8. The molecule has 5 rings (SSSR count). The third-order valence-corrected chi connectivity index (χ3v) is 5.27. The first-order valence-electron chi connectivity index (χ1n) is 8.57. The highest BCUT2D eigenvalue weighted by Crippen LogP contribution is 2.36. The Kier molecular flexibility index (Phi) is 3.38. The van der Waals surface area contributed by atoms with Crippen LogP contribution in [0.15, 0.2) is 54.6 Å². The van der Waals surface area contributed by atoms with Crippen LogP contribution < -0.4 is 0 Å². The number of hydrogen-bond donors (Lipinski definition) is 1. The molecule has 4 nitrogen and oxygen atoms in total. The zero-order valence-electron chi connectivity index (χ0n) is 13.6. The second-order valence-electron chi connectivity index (χ2n) is 6.50. The molecule has 2 aromatic heterocycles. The molecule has 0 saturated carbocycles. The van der Waals surface area contributed by atoms with Crippen molar-refractivity contribution in [3.8, 4) is 11.5 Å². The van der Waals surface area contributed by atoms with Crippen molar-refractivity contribution in [1.29, 1.82) is 0 Å². The van der Waals surface area contributed by atoms with Crippen LogP contribution in [0.5, 0.6) is 0 Å². The zero-order valence-corrected chi connectivity index (χ0v) is 14.4. The summed E-state index contributed by atoms with van der Waals surface area (Å²) < 4.78 is 2.04. The van der Waals surface area contributed by atoms with Crippen molar-refractivity contribution in [3.63, 3.8) is 0 Å². The first-order chi connectivity index (χ1) is 12.3. The van der Waals surface area contributed by atoms with Crippen LogP contribution in [0.1, 0.15) is 30.1 Å². The Balaban J connectivity index is 1.60. The number of aromatic amines is 1. The lowest BCUT2D eigenvalue weighted by Crippen LogP contribution is -2.18. The molecule has 0 fully saturated rings. The molecule has 0 amide bonds. The standard InChI is InChI=1S/C20H17ClN4/c21-16-9-3-2-7-14(16)15-8-5-11-25-20(15)23-19(24-25)18-12-13-6-1-4-10-17(13)22-18/h1-4,6-7,9-10,12,15,22H,5,8,11H2. The summed E-state index contributed by atoms with van der Waals surface area (Å²) >= 11 is 6.44. The van der Waals surface area contributed by atoms with Crippen LogP contribution in [0.3, 0.4) is 0 Å². The van der Waals surface area contributed by atoms with Crippen LogP contribution in [0, 0.1) is 0 Å². The molecule has 3 heterocycles. The minimum absolute atomic E-state index is 0.202. The molecule has 25 heavy (non-hydrogen) atoms. The Morgan fingerprint density at radius 3 is 2.80 bits per heavy atom. The number of nitrogens with one attached hydrogen (secondary N) is 1. The van der Waals surface area contributed by atoms with E-state index in [1.165, 1.54) is 5.39 Å². The maximum atomic E-state index is 6.44. The third kappa shape index (κ3) is 2.45. The lowest BCUT2D eigenvalue weighted by Gasteiger charge is -2.23. The van der Waals surface area contributed by atoms with E-state index < -0.39 is 0 Å². The molecular weight excluding hydrogens is 332 g/mol. The van der Waals surface area contributed by atoms with E-state index in [4.69, 9.17) is 21.7 Å². The smallest absolute Gasteiger partial charge is 0.197 e. The fourth-order valence-corrected chi connectivity index (χ4v) is 3.98. The fourth-order valence-electron chi connectivity index (χ4n) is 3.71. The maximum absolute atomic E-state index is 6.44. The number of hydrogen-bond acceptors (Lipinski definition) is 2. The van der Waals surface area contributed by atoms with Crippen molar-refractivity contribution >= 4 is 22.5 Å². The summed E-state index contributed by atoms with van der Waals surface area (Å²) in [5.41, 5.74) is 3.20. The Morgan fingerprint density at radius 2 is 1.92 bits per heavy atom. The molecular formula is C20H17ClN4. The molecule has 124 valence electrons. The van der Waals surface area contributed by atoms with Crippen LogP contribution >= 0.6 is 11.6 Å². The van der Waals surface area contributed by atoms with Crippen molar-refractivity contribution in [1.82, 2.24) is 19.7 Å². The molecule has 0 radical (unpaired) electrons. The molecule has 0 spiro atoms. The number of fused-ring (bicyclic) bond motifs is 2. The quantitative estimate of drug-likeness (QED) is 0.553. The van der Waals surface area contributed by atoms with Crippen LogP contribution in [0.2, 0.25) is 5.02 Å². The summed E-state index contributed by atoms with van der Waals surface area (Å²) in [6.07, 6.45) is 2.13. The monoisotopic (exact) mass is 348 g/mol. The van der Waals surface area contributed by atoms with E-state index in [0.717, 1.165) is 52.8 Å². The molecule has 0 saturated heterocycles. The van der Waals surface area contributed by atoms with Gasteiger partial charge in [0.25, 0.3) is 0 Å². The van der Waals surface area contributed by atoms with Crippen LogP contribution in [0.25, 0.3) is 22.4 Å². The highest BCUT2D eigenvalue weighted by atomic mass is 35.5. The van der Waals surface area contributed by atoms with Crippen LogP contribution in [0.4, 0.5) is 0 Å². The largest absolute Gasteiger partial charge is 0.352 e. The summed E-state index contributed by atoms with van der Waals surface area (Å²) in [4.78, 5) is 8.30. The van der Waals surface area contributed by atoms with Gasteiger partial charge in [0.15, 0.2) is 5.82 Å². The SMILES string of the molecule is Clc1ccccc1C1CCCn2nc(-c3cc4ccccc4[nH]3)nc21. The summed E-state index contributed by atoms with van der Waals surface area (Å²) in [6.45, 7) is 0.906. The van der Waals surface area contributed by atoms with Gasteiger partial charge in [0.2, 0.25) is 0 Å². The topological polar surface area (TPSA) is 46.5 Å². The summed E-state index contributed by atoms with van der Waals surface area (Å²) in [6, 6.07) is 18.4. The fraction of sp³-hybridized carbons (Fsp3) is 0.200. The molecule has 4 aromatic rings. The molecule has 2 aromatic carbocycles. The Bertz CT molecular complexity index is 1030. The van der Waals surface area contributed by atoms with Gasteiger partial charge < -0.3 is 4.98 Å². The number of nitrogens with zero attached hydrogens (tertiary/aromatic N) is 3. The first kappa shape index (κ1) is 14.7. The van der Waals surface area contributed by atoms with Gasteiger partial charge >= 0.3 is 0 Å². The van der Waals surface area contributed by atoms with Crippen LogP contribution in [-0.4, -0.2) is 19.7 Å². The number of halogens is 1. The summed E-state index contributed by atoms with van der Waals surface area (Å²) in [5.74, 6) is 1.96. The molecule has 1 atom stereocenters. The van der Waals surface area contributed by atoms with E-state index in [1.807, 2.05) is 35.0 Å². The Morgan fingerprint density at radius 1 is 1.08 bits per heavy atom. The van der Waals surface area contributed by atoms with E-state index >= 15 is 0 Å². The molecule has 1 N–H and O–H groups in total. The first-order valence-corrected chi connectivity index (χ1v) is 8.95. The second kappa shape index (κ2) is 5.74. The van der Waals surface area contributed by atoms with Crippen molar-refractivity contribution in [2.24, 2.45) is 0 Å². The Labute approximate surface area is 150 Å². The van der Waals surface area contributed by atoms with Gasteiger partial charge in [-0.1, -0.05) is 48.0 Å². The normalized spacial score (nSPS) is 16.9. The minimum atomic E-state index is 0.202. The number of benzene rings is 2. The van der Waals surface area contributed by atoms with E-state index in [2.05, 4.69) is 29.2 Å². The Hall–Kier alpha value is -2.59. The summed E-state index contributed by atoms with van der Waals surface area (Å²) in [5, 5.41) is 6.73. The molecule has 0 aliphatic carbocycles. The highest BCUT2D eigenvalue weighted by Gasteiger charge is 2.27. The molecule has 1 aliphatic heterocycles. The van der Waals surface area contributed by atoms with Gasteiger partial charge in [0.1, 0.15) is 5.82 Å². The highest BCUT2D eigenvalue weighted by molar-refractivity contribution is 6.31. The van der Waals surface area contributed by atoms with Gasteiger partial charge in [0.05, 0.1) is 5.69 Å². The molecule has 1 aliphatic rings. The molecule has 5 heteroatoms. The summed E-state index contributed by atoms with van der Waals surface area (Å²) in [7, 11) is 0. The van der Waals surface area contributed by atoms with Crippen molar-refractivity contribution in [2.45, 2.75) is 25.3 Å². The van der Waals surface area contributed by atoms with E-state index in [9.17, 15) is 0 Å². The number of para-hydroxylation sites is 1. The molecule has 1 unspecified atom stereocenters. The van der Waals surface area contributed by atoms with Gasteiger partial charge in [-0.15, -0.1) is 5.10 Å². The maximum Gasteiger partial charge on any atom is 0.197 e. The lowest BCUT2D eigenvalue weighted by atomic mass is 9.91. The van der Waals surface area contributed by atoms with Crippen molar-refractivity contribution in [2.75, 3.05) is 0 Å². The average Bonchev–Trinajstić information content (AvgIpc) is 3.25. The average molecular weight is 349 g/mol. The van der Waals surface area contributed by atoms with Gasteiger partial charge in [-0.2, -0.15) is 0 Å². The van der Waals surface area contributed by atoms with Gasteiger partial charge in [-0.05, 0) is 36.6 Å². The number of H-pyrrole nitrogens is 1. The lowest BCUT2D eigenvalue weighted by molar-refractivity contribution is 0.446. The predicted octanol–water partition coefficient (Wildman–Crippen LogP) is 5.01. The van der Waals surface area contributed by atoms with E-state index in [1.54, 1.807) is 0 Å². The third-order valence-electron chi connectivity index (χ3n) is 4.93. The second-order valence-corrected chi connectivity index (χ2v) is 6.91. The van der Waals surface area contributed by atoms with Gasteiger partial charge in [-0.3, -0.25) is 0 Å².